The number of nitrogens with zero attached hydrogens (tertiary/aromatic N) is 4. The predicted molar refractivity (Wildman–Crippen MR) is 97.3 cm³/mol. The molecule has 6 nitrogen and oxygen atoms in total. The maximum atomic E-state index is 9.46. The van der Waals surface area contributed by atoms with Crippen LogP contribution in [0.1, 0.15) is 17.5 Å². The Hall–Kier alpha value is -1.80. The highest BCUT2D eigenvalue weighted by molar-refractivity contribution is 7.07. The molecule has 132 valence electrons. The summed E-state index contributed by atoms with van der Waals surface area (Å²) in [4.78, 5) is 4.96. The van der Waals surface area contributed by atoms with Crippen molar-refractivity contribution in [1.29, 1.82) is 0 Å². The fraction of sp³-hybridized carbons (Fsp3) is 0.444. The molecule has 0 radical (unpaired) electrons. The second-order valence-corrected chi connectivity index (χ2v) is 7.37. The molecule has 1 fully saturated rings. The van der Waals surface area contributed by atoms with Crippen molar-refractivity contribution in [3.05, 3.63) is 46.2 Å². The summed E-state index contributed by atoms with van der Waals surface area (Å²) in [6, 6.07) is 8.67. The van der Waals surface area contributed by atoms with E-state index in [1.807, 2.05) is 12.1 Å². The predicted octanol–water partition coefficient (Wildman–Crippen LogP) is 2.35. The quantitative estimate of drug-likeness (QED) is 0.730. The molecule has 1 N–H and O–H groups in total. The number of aromatic nitrogens is 2. The minimum Gasteiger partial charge on any atom is -0.396 e. The molecule has 0 spiro atoms. The Labute approximate surface area is 150 Å². The van der Waals surface area contributed by atoms with Crippen LogP contribution in [-0.2, 0) is 13.1 Å². The first-order valence-corrected chi connectivity index (χ1v) is 9.55. The molecular weight excluding hydrogens is 336 g/mol. The monoisotopic (exact) mass is 358 g/mol. The molecule has 0 saturated carbocycles. The van der Waals surface area contributed by atoms with Gasteiger partial charge in [-0.25, -0.2) is 4.63 Å². The van der Waals surface area contributed by atoms with Gasteiger partial charge in [0.15, 0.2) is 0 Å². The maximum absolute atomic E-state index is 9.46. The van der Waals surface area contributed by atoms with E-state index in [1.165, 1.54) is 11.1 Å². The number of rotatable bonds is 6. The second kappa shape index (κ2) is 7.61. The molecule has 4 rings (SSSR count). The zero-order valence-corrected chi connectivity index (χ0v) is 14.9. The molecule has 1 atom stereocenters. The van der Waals surface area contributed by atoms with Crippen molar-refractivity contribution in [2.24, 2.45) is 0 Å². The Morgan fingerprint density at radius 1 is 1.12 bits per heavy atom. The number of fused-ring (bicyclic) bond motifs is 1. The summed E-state index contributed by atoms with van der Waals surface area (Å²) in [5, 5.41) is 21.6. The standard InChI is InChI=1S/C18H22N4O2S/c23-7-3-16-12-21(5-6-22(16)11-15-4-8-25-13-15)10-14-1-2-17-18(9-14)20-24-19-17/h1-2,4,8-9,13,16,23H,3,5-7,10-12H2/t16-/m0/s1. The van der Waals surface area contributed by atoms with Gasteiger partial charge in [-0.15, -0.1) is 0 Å². The van der Waals surface area contributed by atoms with E-state index in [2.05, 4.69) is 43.0 Å². The Balaban J connectivity index is 1.41. The third-order valence-corrected chi connectivity index (χ3v) is 5.57. The fourth-order valence-electron chi connectivity index (χ4n) is 3.53. The van der Waals surface area contributed by atoms with E-state index >= 15 is 0 Å². The molecule has 0 bridgehead atoms. The van der Waals surface area contributed by atoms with Gasteiger partial charge in [0.25, 0.3) is 0 Å². The van der Waals surface area contributed by atoms with Gasteiger partial charge in [0.1, 0.15) is 11.0 Å². The molecule has 25 heavy (non-hydrogen) atoms. The van der Waals surface area contributed by atoms with Crippen molar-refractivity contribution in [3.63, 3.8) is 0 Å². The molecule has 1 aromatic carbocycles. The molecular formula is C18H22N4O2S. The zero-order valence-electron chi connectivity index (χ0n) is 14.0. The van der Waals surface area contributed by atoms with Gasteiger partial charge in [-0.2, -0.15) is 11.3 Å². The van der Waals surface area contributed by atoms with Crippen LogP contribution in [-0.4, -0.2) is 57.5 Å². The molecule has 7 heteroatoms. The van der Waals surface area contributed by atoms with E-state index in [0.29, 0.717) is 6.04 Å². The fourth-order valence-corrected chi connectivity index (χ4v) is 4.19. The van der Waals surface area contributed by atoms with E-state index in [1.54, 1.807) is 11.3 Å². The molecule has 2 aromatic heterocycles. The largest absolute Gasteiger partial charge is 0.396 e. The topological polar surface area (TPSA) is 65.6 Å². The average molecular weight is 358 g/mol. The number of hydrogen-bond donors (Lipinski definition) is 1. The lowest BCUT2D eigenvalue weighted by atomic mass is 10.1. The average Bonchev–Trinajstić information content (AvgIpc) is 3.28. The summed E-state index contributed by atoms with van der Waals surface area (Å²) in [5.74, 6) is 0. The van der Waals surface area contributed by atoms with Gasteiger partial charge >= 0.3 is 0 Å². The zero-order chi connectivity index (χ0) is 17.1. The van der Waals surface area contributed by atoms with Gasteiger partial charge in [-0.3, -0.25) is 9.80 Å². The Morgan fingerprint density at radius 3 is 2.88 bits per heavy atom. The van der Waals surface area contributed by atoms with Crippen LogP contribution < -0.4 is 0 Å². The summed E-state index contributed by atoms with van der Waals surface area (Å²) in [7, 11) is 0. The molecule has 3 heterocycles. The molecule has 3 aromatic rings. The SMILES string of the molecule is OCC[C@H]1CN(Cc2ccc3nonc3c2)CCN1Cc1ccsc1. The highest BCUT2D eigenvalue weighted by Gasteiger charge is 2.26. The van der Waals surface area contributed by atoms with Crippen LogP contribution in [0.15, 0.2) is 39.7 Å². The highest BCUT2D eigenvalue weighted by Crippen LogP contribution is 2.20. The molecule has 0 aliphatic carbocycles. The maximum Gasteiger partial charge on any atom is 0.135 e. The first-order chi connectivity index (χ1) is 12.3. The molecule has 0 amide bonds. The smallest absolute Gasteiger partial charge is 0.135 e. The lowest BCUT2D eigenvalue weighted by Crippen LogP contribution is -2.52. The summed E-state index contributed by atoms with van der Waals surface area (Å²) >= 11 is 1.74. The highest BCUT2D eigenvalue weighted by atomic mass is 32.1. The minimum atomic E-state index is 0.231. The number of aliphatic hydroxyl groups is 1. The van der Waals surface area contributed by atoms with Crippen molar-refractivity contribution in [2.45, 2.75) is 25.6 Å². The van der Waals surface area contributed by atoms with Crippen molar-refractivity contribution >= 4 is 22.4 Å². The Kier molecular flexibility index (Phi) is 5.07. The minimum absolute atomic E-state index is 0.231. The molecule has 0 unspecified atom stereocenters. The number of aliphatic hydroxyl groups excluding tert-OH is 1. The first-order valence-electron chi connectivity index (χ1n) is 8.61. The van der Waals surface area contributed by atoms with Crippen LogP contribution in [0.3, 0.4) is 0 Å². The van der Waals surface area contributed by atoms with Gasteiger partial charge in [0, 0.05) is 45.4 Å². The van der Waals surface area contributed by atoms with Gasteiger partial charge < -0.3 is 5.11 Å². The second-order valence-electron chi connectivity index (χ2n) is 6.59. The first kappa shape index (κ1) is 16.7. The van der Waals surface area contributed by atoms with E-state index in [9.17, 15) is 5.11 Å². The number of benzene rings is 1. The number of thiophene rings is 1. The third kappa shape index (κ3) is 3.90. The van der Waals surface area contributed by atoms with Crippen LogP contribution in [0.5, 0.6) is 0 Å². The molecule has 1 aliphatic heterocycles. The van der Waals surface area contributed by atoms with Gasteiger partial charge in [-0.05, 0) is 56.8 Å². The summed E-state index contributed by atoms with van der Waals surface area (Å²) in [6.45, 7) is 5.11. The van der Waals surface area contributed by atoms with Crippen molar-refractivity contribution < 1.29 is 9.74 Å². The van der Waals surface area contributed by atoms with E-state index in [-0.39, 0.29) is 6.61 Å². The third-order valence-electron chi connectivity index (χ3n) is 4.84. The van der Waals surface area contributed by atoms with E-state index < -0.39 is 0 Å². The van der Waals surface area contributed by atoms with Crippen molar-refractivity contribution in [3.8, 4) is 0 Å². The van der Waals surface area contributed by atoms with Crippen LogP contribution in [0.4, 0.5) is 0 Å². The van der Waals surface area contributed by atoms with Crippen LogP contribution >= 0.6 is 11.3 Å². The number of hydrogen-bond acceptors (Lipinski definition) is 7. The van der Waals surface area contributed by atoms with Crippen molar-refractivity contribution in [2.75, 3.05) is 26.2 Å². The van der Waals surface area contributed by atoms with Crippen LogP contribution in [0.2, 0.25) is 0 Å². The van der Waals surface area contributed by atoms with Crippen LogP contribution in [0.25, 0.3) is 11.0 Å². The van der Waals surface area contributed by atoms with Gasteiger partial charge in [0.05, 0.1) is 0 Å². The lowest BCUT2D eigenvalue weighted by molar-refractivity contribution is 0.0501. The normalized spacial score (nSPS) is 19.6. The van der Waals surface area contributed by atoms with E-state index in [4.69, 9.17) is 4.63 Å². The summed E-state index contributed by atoms with van der Waals surface area (Å²) < 4.78 is 4.78. The van der Waals surface area contributed by atoms with Gasteiger partial charge in [0.2, 0.25) is 0 Å². The number of piperazine rings is 1. The van der Waals surface area contributed by atoms with E-state index in [0.717, 1.165) is 50.2 Å². The summed E-state index contributed by atoms with van der Waals surface area (Å²) in [6.07, 6.45) is 0.812. The van der Waals surface area contributed by atoms with Crippen molar-refractivity contribution in [1.82, 2.24) is 20.1 Å². The molecule has 1 saturated heterocycles. The van der Waals surface area contributed by atoms with Crippen LogP contribution in [0, 0.1) is 0 Å². The lowest BCUT2D eigenvalue weighted by Gasteiger charge is -2.41. The van der Waals surface area contributed by atoms with Gasteiger partial charge in [-0.1, -0.05) is 6.07 Å². The summed E-state index contributed by atoms with van der Waals surface area (Å²) in [5.41, 5.74) is 4.19. The Morgan fingerprint density at radius 2 is 2.04 bits per heavy atom. The Bertz CT molecular complexity index is 804. The molecule has 1 aliphatic rings.